The van der Waals surface area contributed by atoms with Gasteiger partial charge in [0, 0.05) is 43.0 Å². The average molecular weight is 454 g/mol. The lowest BCUT2D eigenvalue weighted by Gasteiger charge is -2.34. The van der Waals surface area contributed by atoms with Crippen molar-refractivity contribution < 1.29 is 9.53 Å². The van der Waals surface area contributed by atoms with Crippen molar-refractivity contribution >= 4 is 34.0 Å². The highest BCUT2D eigenvalue weighted by Crippen LogP contribution is 2.23. The van der Waals surface area contributed by atoms with E-state index >= 15 is 0 Å². The Morgan fingerprint density at radius 3 is 2.44 bits per heavy atom. The van der Waals surface area contributed by atoms with Crippen LogP contribution in [-0.4, -0.2) is 65.1 Å². The van der Waals surface area contributed by atoms with E-state index in [4.69, 9.17) is 14.7 Å². The molecule has 0 aliphatic carbocycles. The summed E-state index contributed by atoms with van der Waals surface area (Å²) in [6.07, 6.45) is 0. The normalized spacial score (nSPS) is 16.4. The maximum Gasteiger partial charge on any atom is 0.328 e. The number of hydrogen-bond donors (Lipinski definition) is 1. The highest BCUT2D eigenvalue weighted by atomic mass is 32.1. The van der Waals surface area contributed by atoms with Crippen LogP contribution >= 0.6 is 11.3 Å². The third kappa shape index (κ3) is 5.43. The lowest BCUT2D eigenvalue weighted by molar-refractivity contribution is -0.142. The summed E-state index contributed by atoms with van der Waals surface area (Å²) in [5.74, 6) is 1.23. The predicted octanol–water partition coefficient (Wildman–Crippen LogP) is 3.62. The molecule has 0 unspecified atom stereocenters. The zero-order chi connectivity index (χ0) is 22.5. The molecule has 8 heteroatoms. The number of nitrogens with zero attached hydrogens (tertiary/aromatic N) is 4. The first-order valence-corrected chi connectivity index (χ1v) is 12.0. The third-order valence-corrected chi connectivity index (χ3v) is 6.71. The van der Waals surface area contributed by atoms with Gasteiger partial charge in [-0.15, -0.1) is 11.3 Å². The Labute approximate surface area is 193 Å². The second kappa shape index (κ2) is 10.4. The smallest absolute Gasteiger partial charge is 0.328 e. The van der Waals surface area contributed by atoms with Crippen molar-refractivity contribution in [2.75, 3.05) is 38.6 Å². The number of fused-ring (bicyclic) bond motifs is 1. The standard InChI is InChI=1S/C24H31N5O2S/c1-17(2)22(24(30)31-3)27-23-19-8-4-5-9-20(19)25-21(26-23)16-29-12-10-28(11-13-29)15-18-7-6-14-32-18/h4-9,14,17,22H,10-13,15-16H2,1-3H3,(H,25,26,27)/t22-/m0/s1. The van der Waals surface area contributed by atoms with Gasteiger partial charge in [-0.1, -0.05) is 32.0 Å². The van der Waals surface area contributed by atoms with Gasteiger partial charge in [-0.2, -0.15) is 0 Å². The summed E-state index contributed by atoms with van der Waals surface area (Å²) in [6.45, 7) is 9.75. The minimum atomic E-state index is -0.466. The van der Waals surface area contributed by atoms with Crippen LogP contribution < -0.4 is 5.32 Å². The minimum absolute atomic E-state index is 0.0658. The highest BCUT2D eigenvalue weighted by molar-refractivity contribution is 7.09. The summed E-state index contributed by atoms with van der Waals surface area (Å²) in [7, 11) is 1.42. The number of anilines is 1. The predicted molar refractivity (Wildman–Crippen MR) is 129 cm³/mol. The molecule has 1 aliphatic rings. The molecule has 0 amide bonds. The Bertz CT molecular complexity index is 1030. The molecule has 1 saturated heterocycles. The molecule has 7 nitrogen and oxygen atoms in total. The number of rotatable bonds is 8. The van der Waals surface area contributed by atoms with Crippen LogP contribution in [0.1, 0.15) is 24.5 Å². The zero-order valence-corrected chi connectivity index (χ0v) is 19.8. The van der Waals surface area contributed by atoms with Crippen LogP contribution in [0.4, 0.5) is 5.82 Å². The van der Waals surface area contributed by atoms with E-state index in [9.17, 15) is 4.79 Å². The van der Waals surface area contributed by atoms with Gasteiger partial charge in [0.1, 0.15) is 17.7 Å². The van der Waals surface area contributed by atoms with E-state index in [-0.39, 0.29) is 11.9 Å². The first-order valence-electron chi connectivity index (χ1n) is 11.1. The number of ether oxygens (including phenoxy) is 1. The van der Waals surface area contributed by atoms with Crippen LogP contribution in [0.3, 0.4) is 0 Å². The molecule has 3 aromatic rings. The molecule has 0 radical (unpaired) electrons. The number of thiophene rings is 1. The summed E-state index contributed by atoms with van der Waals surface area (Å²) >= 11 is 1.82. The number of piperazine rings is 1. The van der Waals surface area contributed by atoms with Crippen LogP contribution in [0, 0.1) is 5.92 Å². The molecule has 1 aromatic carbocycles. The lowest BCUT2D eigenvalue weighted by Crippen LogP contribution is -2.45. The Kier molecular flexibility index (Phi) is 7.34. The Morgan fingerprint density at radius 2 is 1.78 bits per heavy atom. The molecule has 1 fully saturated rings. The number of hydrogen-bond acceptors (Lipinski definition) is 8. The molecule has 0 spiro atoms. The summed E-state index contributed by atoms with van der Waals surface area (Å²) in [5.41, 5.74) is 0.878. The topological polar surface area (TPSA) is 70.6 Å². The summed E-state index contributed by atoms with van der Waals surface area (Å²) < 4.78 is 5.00. The monoisotopic (exact) mass is 453 g/mol. The van der Waals surface area contributed by atoms with Crippen molar-refractivity contribution in [1.82, 2.24) is 19.8 Å². The quantitative estimate of drug-likeness (QED) is 0.523. The fourth-order valence-electron chi connectivity index (χ4n) is 4.01. The average Bonchev–Trinajstić information content (AvgIpc) is 3.31. The Balaban J connectivity index is 1.48. The van der Waals surface area contributed by atoms with Gasteiger partial charge in [0.25, 0.3) is 0 Å². The fraction of sp³-hybridized carbons (Fsp3) is 0.458. The molecule has 2 aromatic heterocycles. The zero-order valence-electron chi connectivity index (χ0n) is 19.0. The number of aromatic nitrogens is 2. The molecule has 4 rings (SSSR count). The number of carbonyl (C=O) groups excluding carboxylic acids is 1. The van der Waals surface area contributed by atoms with Crippen LogP contribution in [0.15, 0.2) is 41.8 Å². The van der Waals surface area contributed by atoms with Gasteiger partial charge in [-0.05, 0) is 29.5 Å². The van der Waals surface area contributed by atoms with Crippen LogP contribution in [-0.2, 0) is 22.6 Å². The van der Waals surface area contributed by atoms with E-state index in [0.29, 0.717) is 12.4 Å². The number of carbonyl (C=O) groups is 1. The van der Waals surface area contributed by atoms with Crippen molar-refractivity contribution in [2.45, 2.75) is 33.0 Å². The molecular weight excluding hydrogens is 422 g/mol. The molecule has 1 aliphatic heterocycles. The lowest BCUT2D eigenvalue weighted by atomic mass is 10.0. The Morgan fingerprint density at radius 1 is 1.06 bits per heavy atom. The van der Waals surface area contributed by atoms with Gasteiger partial charge in [0.15, 0.2) is 0 Å². The second-order valence-electron chi connectivity index (χ2n) is 8.53. The maximum atomic E-state index is 12.3. The number of para-hydroxylation sites is 1. The van der Waals surface area contributed by atoms with Crippen LogP contribution in [0.25, 0.3) is 10.9 Å². The summed E-state index contributed by atoms with van der Waals surface area (Å²) in [4.78, 5) is 28.3. The maximum absolute atomic E-state index is 12.3. The van der Waals surface area contributed by atoms with Gasteiger partial charge in [-0.25, -0.2) is 14.8 Å². The number of methoxy groups -OCH3 is 1. The number of esters is 1. The van der Waals surface area contributed by atoms with Gasteiger partial charge < -0.3 is 10.1 Å². The first-order chi connectivity index (χ1) is 15.5. The van der Waals surface area contributed by atoms with Gasteiger partial charge in [-0.3, -0.25) is 9.80 Å². The number of nitrogens with one attached hydrogen (secondary N) is 1. The van der Waals surface area contributed by atoms with Gasteiger partial charge in [0.05, 0.1) is 19.2 Å². The second-order valence-corrected chi connectivity index (χ2v) is 9.56. The van der Waals surface area contributed by atoms with Crippen LogP contribution in [0.5, 0.6) is 0 Å². The molecule has 1 atom stereocenters. The molecule has 1 N–H and O–H groups in total. The highest BCUT2D eigenvalue weighted by Gasteiger charge is 2.25. The number of benzene rings is 1. The van der Waals surface area contributed by atoms with E-state index in [1.807, 2.05) is 49.4 Å². The van der Waals surface area contributed by atoms with Crippen molar-refractivity contribution in [1.29, 1.82) is 0 Å². The molecule has 0 bridgehead atoms. The Hall–Kier alpha value is -2.55. The summed E-state index contributed by atoms with van der Waals surface area (Å²) in [5, 5.41) is 6.38. The van der Waals surface area contributed by atoms with Gasteiger partial charge >= 0.3 is 5.97 Å². The fourth-order valence-corrected chi connectivity index (χ4v) is 4.75. The van der Waals surface area contributed by atoms with Crippen molar-refractivity contribution in [3.63, 3.8) is 0 Å². The van der Waals surface area contributed by atoms with Crippen LogP contribution in [0.2, 0.25) is 0 Å². The van der Waals surface area contributed by atoms with Crippen molar-refractivity contribution in [3.8, 4) is 0 Å². The third-order valence-electron chi connectivity index (χ3n) is 5.85. The summed E-state index contributed by atoms with van der Waals surface area (Å²) in [6, 6.07) is 11.8. The molecule has 0 saturated carbocycles. The van der Waals surface area contributed by atoms with Crippen molar-refractivity contribution in [2.24, 2.45) is 5.92 Å². The van der Waals surface area contributed by atoms with E-state index in [0.717, 1.165) is 49.5 Å². The van der Waals surface area contributed by atoms with E-state index in [2.05, 4.69) is 32.6 Å². The van der Waals surface area contributed by atoms with E-state index in [1.165, 1.54) is 12.0 Å². The SMILES string of the molecule is COC(=O)[C@@H](Nc1nc(CN2CCN(Cc3cccs3)CC2)nc2ccccc12)C(C)C. The first kappa shape index (κ1) is 22.6. The molecular formula is C24H31N5O2S. The van der Waals surface area contributed by atoms with Crippen molar-refractivity contribution in [3.05, 3.63) is 52.5 Å². The van der Waals surface area contributed by atoms with E-state index < -0.39 is 6.04 Å². The molecule has 170 valence electrons. The molecule has 32 heavy (non-hydrogen) atoms. The molecule has 3 heterocycles. The largest absolute Gasteiger partial charge is 0.467 e. The van der Waals surface area contributed by atoms with Gasteiger partial charge in [0.2, 0.25) is 0 Å². The minimum Gasteiger partial charge on any atom is -0.467 e. The van der Waals surface area contributed by atoms with E-state index in [1.54, 1.807) is 0 Å².